The van der Waals surface area contributed by atoms with E-state index in [1.165, 1.54) is 6.07 Å². The van der Waals surface area contributed by atoms with Crippen LogP contribution in [0.15, 0.2) is 23.3 Å². The van der Waals surface area contributed by atoms with Crippen LogP contribution in [-0.4, -0.2) is 13.1 Å². The van der Waals surface area contributed by atoms with E-state index in [0.29, 0.717) is 11.4 Å². The first-order chi connectivity index (χ1) is 7.31. The van der Waals surface area contributed by atoms with Gasteiger partial charge in [-0.15, -0.1) is 0 Å². The Morgan fingerprint density at radius 1 is 1.33 bits per heavy atom. The van der Waals surface area contributed by atoms with Gasteiger partial charge in [0.15, 0.2) is 0 Å². The van der Waals surface area contributed by atoms with E-state index in [2.05, 4.69) is 10.0 Å². The van der Waals surface area contributed by atoms with E-state index in [9.17, 15) is 4.39 Å². The van der Waals surface area contributed by atoms with Crippen molar-refractivity contribution in [3.05, 3.63) is 34.5 Å². The topological polar surface area (TPSA) is 52.0 Å². The fraction of sp³-hybridized carbons (Fsp3) is 0.400. The number of halogens is 1. The molecule has 0 N–H and O–H groups in total. The van der Waals surface area contributed by atoms with Gasteiger partial charge in [-0.1, -0.05) is 11.2 Å². The molecule has 1 aromatic carbocycles. The molecule has 0 unspecified atom stereocenters. The molecular formula is C10H11FN4. The van der Waals surface area contributed by atoms with E-state index in [1.54, 1.807) is 12.1 Å². The zero-order chi connectivity index (χ0) is 10.7. The van der Waals surface area contributed by atoms with Crippen molar-refractivity contribution < 1.29 is 4.39 Å². The van der Waals surface area contributed by atoms with Gasteiger partial charge < -0.3 is 4.90 Å². The summed E-state index contributed by atoms with van der Waals surface area (Å²) >= 11 is 0. The molecule has 0 aromatic heterocycles. The highest BCUT2D eigenvalue weighted by Gasteiger charge is 2.15. The smallest absolute Gasteiger partial charge is 0.146 e. The quantitative estimate of drug-likeness (QED) is 0.415. The van der Waals surface area contributed by atoms with Crippen LogP contribution in [-0.2, 0) is 0 Å². The van der Waals surface area contributed by atoms with Crippen LogP contribution in [0, 0.1) is 5.82 Å². The minimum atomic E-state index is -0.318. The van der Waals surface area contributed by atoms with E-state index in [1.807, 2.05) is 4.90 Å². The van der Waals surface area contributed by atoms with Crippen LogP contribution in [0.2, 0.25) is 0 Å². The van der Waals surface area contributed by atoms with Crippen LogP contribution in [0.5, 0.6) is 0 Å². The number of hydrogen-bond acceptors (Lipinski definition) is 2. The number of benzene rings is 1. The Kier molecular flexibility index (Phi) is 2.74. The van der Waals surface area contributed by atoms with Crippen molar-refractivity contribution in [3.8, 4) is 0 Å². The summed E-state index contributed by atoms with van der Waals surface area (Å²) in [7, 11) is 0. The summed E-state index contributed by atoms with van der Waals surface area (Å²) in [5, 5.41) is 3.36. The Morgan fingerprint density at radius 2 is 2.07 bits per heavy atom. The lowest BCUT2D eigenvalue weighted by atomic mass is 10.2. The van der Waals surface area contributed by atoms with E-state index >= 15 is 0 Å². The van der Waals surface area contributed by atoms with Gasteiger partial charge in [0, 0.05) is 23.7 Å². The van der Waals surface area contributed by atoms with Crippen molar-refractivity contribution in [1.82, 2.24) is 0 Å². The van der Waals surface area contributed by atoms with E-state index < -0.39 is 0 Å². The van der Waals surface area contributed by atoms with Gasteiger partial charge in [0.1, 0.15) is 5.82 Å². The standard InChI is InChI=1S/C10H11FN4/c11-9-7-8(13-14-12)3-4-10(9)15-5-1-2-6-15/h3-4,7H,1-2,5-6H2. The molecule has 1 fully saturated rings. The van der Waals surface area contributed by atoms with Crippen molar-refractivity contribution in [2.45, 2.75) is 12.8 Å². The lowest BCUT2D eigenvalue weighted by Crippen LogP contribution is -2.18. The molecule has 0 atom stereocenters. The zero-order valence-corrected chi connectivity index (χ0v) is 8.23. The minimum absolute atomic E-state index is 0.318. The van der Waals surface area contributed by atoms with Gasteiger partial charge in [-0.2, -0.15) is 0 Å². The Morgan fingerprint density at radius 3 is 2.67 bits per heavy atom. The van der Waals surface area contributed by atoms with E-state index in [4.69, 9.17) is 5.53 Å². The highest BCUT2D eigenvalue weighted by molar-refractivity contribution is 5.54. The van der Waals surface area contributed by atoms with Gasteiger partial charge in [0.25, 0.3) is 0 Å². The second-order valence-corrected chi connectivity index (χ2v) is 3.52. The number of nitrogens with zero attached hydrogens (tertiary/aromatic N) is 4. The van der Waals surface area contributed by atoms with Gasteiger partial charge in [-0.05, 0) is 30.5 Å². The molecule has 0 bridgehead atoms. The van der Waals surface area contributed by atoms with Crippen molar-refractivity contribution in [1.29, 1.82) is 0 Å². The second-order valence-electron chi connectivity index (χ2n) is 3.52. The van der Waals surface area contributed by atoms with Crippen molar-refractivity contribution >= 4 is 11.4 Å². The third-order valence-electron chi connectivity index (χ3n) is 2.54. The number of rotatable bonds is 2. The van der Waals surface area contributed by atoms with Crippen LogP contribution in [0.4, 0.5) is 15.8 Å². The van der Waals surface area contributed by atoms with Crippen LogP contribution < -0.4 is 4.90 Å². The first kappa shape index (κ1) is 9.80. The van der Waals surface area contributed by atoms with Gasteiger partial charge in [0.2, 0.25) is 0 Å². The van der Waals surface area contributed by atoms with Gasteiger partial charge in [-0.25, -0.2) is 4.39 Å². The van der Waals surface area contributed by atoms with Crippen molar-refractivity contribution in [2.75, 3.05) is 18.0 Å². The summed E-state index contributed by atoms with van der Waals surface area (Å²) in [6, 6.07) is 4.58. The number of hydrogen-bond donors (Lipinski definition) is 0. The van der Waals surface area contributed by atoms with E-state index in [-0.39, 0.29) is 5.82 Å². The Bertz CT molecular complexity index is 406. The Labute approximate surface area is 86.9 Å². The molecule has 1 aliphatic rings. The molecule has 5 heteroatoms. The first-order valence-electron chi connectivity index (χ1n) is 4.91. The third-order valence-corrected chi connectivity index (χ3v) is 2.54. The summed E-state index contributed by atoms with van der Waals surface area (Å²) in [6.07, 6.45) is 2.22. The van der Waals surface area contributed by atoms with Crippen LogP contribution in [0.3, 0.4) is 0 Å². The molecule has 1 aromatic rings. The monoisotopic (exact) mass is 206 g/mol. The maximum atomic E-state index is 13.6. The molecule has 1 aliphatic heterocycles. The maximum absolute atomic E-state index is 13.6. The summed E-state index contributed by atoms with van der Waals surface area (Å²) in [6.45, 7) is 1.80. The molecule has 0 amide bonds. The predicted molar refractivity (Wildman–Crippen MR) is 56.7 cm³/mol. The van der Waals surface area contributed by atoms with Crippen molar-refractivity contribution in [3.63, 3.8) is 0 Å². The molecule has 2 rings (SSSR count). The molecule has 0 aliphatic carbocycles. The lowest BCUT2D eigenvalue weighted by Gasteiger charge is -2.18. The first-order valence-corrected chi connectivity index (χ1v) is 4.91. The molecule has 0 radical (unpaired) electrons. The van der Waals surface area contributed by atoms with Gasteiger partial charge in [-0.3, -0.25) is 0 Å². The minimum Gasteiger partial charge on any atom is -0.369 e. The molecule has 15 heavy (non-hydrogen) atoms. The average molecular weight is 206 g/mol. The van der Waals surface area contributed by atoms with E-state index in [0.717, 1.165) is 25.9 Å². The van der Waals surface area contributed by atoms with Crippen molar-refractivity contribution in [2.24, 2.45) is 5.11 Å². The average Bonchev–Trinajstić information content (AvgIpc) is 2.71. The molecule has 0 saturated carbocycles. The number of azide groups is 1. The Hall–Kier alpha value is -1.74. The SMILES string of the molecule is [N-]=[N+]=Nc1ccc(N2CCCC2)c(F)c1. The summed E-state index contributed by atoms with van der Waals surface area (Å²) in [4.78, 5) is 4.63. The maximum Gasteiger partial charge on any atom is 0.146 e. The van der Waals surface area contributed by atoms with Gasteiger partial charge >= 0.3 is 0 Å². The fourth-order valence-electron chi connectivity index (χ4n) is 1.82. The molecule has 0 spiro atoms. The molecule has 1 heterocycles. The molecule has 4 nitrogen and oxygen atoms in total. The highest BCUT2D eigenvalue weighted by atomic mass is 19.1. The zero-order valence-electron chi connectivity index (χ0n) is 8.23. The van der Waals surface area contributed by atoms with Crippen LogP contribution >= 0.6 is 0 Å². The summed E-state index contributed by atoms with van der Waals surface area (Å²) in [5.41, 5.74) is 9.14. The van der Waals surface area contributed by atoms with Crippen LogP contribution in [0.1, 0.15) is 12.8 Å². The fourth-order valence-corrected chi connectivity index (χ4v) is 1.82. The lowest BCUT2D eigenvalue weighted by molar-refractivity contribution is 0.623. The summed E-state index contributed by atoms with van der Waals surface area (Å²) < 4.78 is 13.6. The molecule has 1 saturated heterocycles. The van der Waals surface area contributed by atoms with Gasteiger partial charge in [0.05, 0.1) is 5.69 Å². The summed E-state index contributed by atoms with van der Waals surface area (Å²) in [5.74, 6) is -0.318. The normalized spacial score (nSPS) is 15.1. The van der Waals surface area contributed by atoms with Crippen LogP contribution in [0.25, 0.3) is 10.4 Å². The largest absolute Gasteiger partial charge is 0.369 e. The highest BCUT2D eigenvalue weighted by Crippen LogP contribution is 2.26. The molecule has 78 valence electrons. The Balaban J connectivity index is 2.29. The predicted octanol–water partition coefficient (Wildman–Crippen LogP) is 3.37. The third kappa shape index (κ3) is 2.02. The molecular weight excluding hydrogens is 195 g/mol. The second kappa shape index (κ2) is 4.19. The number of anilines is 1.